The summed E-state index contributed by atoms with van der Waals surface area (Å²) < 4.78 is 12.2. The van der Waals surface area contributed by atoms with Gasteiger partial charge in [0, 0.05) is 13.2 Å². The minimum Gasteiger partial charge on any atom is -0.493 e. The van der Waals surface area contributed by atoms with Crippen molar-refractivity contribution in [3.8, 4) is 22.9 Å². The Balaban J connectivity index is 1.61. The van der Waals surface area contributed by atoms with Gasteiger partial charge < -0.3 is 14.8 Å². The van der Waals surface area contributed by atoms with Crippen LogP contribution in [0.4, 0.5) is 0 Å². The summed E-state index contributed by atoms with van der Waals surface area (Å²) in [6.45, 7) is 0.354. The molecule has 0 saturated heterocycles. The number of ether oxygens (including phenoxy) is 2. The van der Waals surface area contributed by atoms with Gasteiger partial charge in [0.2, 0.25) is 5.91 Å². The highest BCUT2D eigenvalue weighted by Crippen LogP contribution is 2.27. The number of hydrogen-bond donors (Lipinski definition) is 1. The van der Waals surface area contributed by atoms with E-state index >= 15 is 0 Å². The molecule has 1 aromatic carbocycles. The standard InChI is InChI=1S/C20H22N4O3/c1-24-17(16-6-4-5-9-21-16)12-15(23-24)13-22-20(25)11-14-7-8-18(26-2)19(10-14)27-3/h4-10,12H,11,13H2,1-3H3,(H,22,25). The van der Waals surface area contributed by atoms with Gasteiger partial charge in [-0.25, -0.2) is 0 Å². The van der Waals surface area contributed by atoms with Crippen molar-refractivity contribution in [2.45, 2.75) is 13.0 Å². The second-order valence-corrected chi connectivity index (χ2v) is 6.00. The summed E-state index contributed by atoms with van der Waals surface area (Å²) in [5.41, 5.74) is 3.37. The maximum atomic E-state index is 12.3. The van der Waals surface area contributed by atoms with Crippen LogP contribution in [0.3, 0.4) is 0 Å². The first kappa shape index (κ1) is 18.4. The van der Waals surface area contributed by atoms with Gasteiger partial charge in [-0.1, -0.05) is 12.1 Å². The molecule has 2 heterocycles. The Hall–Kier alpha value is -3.35. The summed E-state index contributed by atoms with van der Waals surface area (Å²) in [4.78, 5) is 16.6. The molecule has 3 rings (SSSR count). The number of methoxy groups -OCH3 is 2. The third-order valence-electron chi connectivity index (χ3n) is 4.14. The molecule has 0 spiro atoms. The molecular formula is C20H22N4O3. The third kappa shape index (κ3) is 4.44. The summed E-state index contributed by atoms with van der Waals surface area (Å²) in [6, 6.07) is 13.1. The van der Waals surface area contributed by atoms with Crippen molar-refractivity contribution in [3.05, 3.63) is 59.9 Å². The van der Waals surface area contributed by atoms with E-state index in [0.717, 1.165) is 22.6 Å². The number of nitrogens with zero attached hydrogens (tertiary/aromatic N) is 3. The number of aryl methyl sites for hydroxylation is 1. The van der Waals surface area contributed by atoms with Crippen LogP contribution in [0.5, 0.6) is 11.5 Å². The SMILES string of the molecule is COc1ccc(CC(=O)NCc2cc(-c3ccccn3)n(C)n2)cc1OC. The lowest BCUT2D eigenvalue weighted by atomic mass is 10.1. The van der Waals surface area contributed by atoms with E-state index < -0.39 is 0 Å². The van der Waals surface area contributed by atoms with Crippen molar-refractivity contribution in [3.63, 3.8) is 0 Å². The predicted octanol–water partition coefficient (Wildman–Crippen LogP) is 2.36. The zero-order valence-corrected chi connectivity index (χ0v) is 15.6. The van der Waals surface area contributed by atoms with Gasteiger partial charge in [0.05, 0.1) is 44.3 Å². The first-order chi connectivity index (χ1) is 13.1. The molecule has 1 amide bonds. The second kappa shape index (κ2) is 8.35. The van der Waals surface area contributed by atoms with Crippen LogP contribution < -0.4 is 14.8 Å². The summed E-state index contributed by atoms with van der Waals surface area (Å²) in [5.74, 6) is 1.15. The quantitative estimate of drug-likeness (QED) is 0.694. The molecule has 0 radical (unpaired) electrons. The van der Waals surface area contributed by atoms with Gasteiger partial charge in [0.25, 0.3) is 0 Å². The van der Waals surface area contributed by atoms with E-state index in [1.807, 2.05) is 37.4 Å². The highest BCUT2D eigenvalue weighted by Gasteiger charge is 2.11. The lowest BCUT2D eigenvalue weighted by Gasteiger charge is -2.09. The Labute approximate surface area is 158 Å². The van der Waals surface area contributed by atoms with E-state index in [0.29, 0.717) is 18.0 Å². The molecule has 27 heavy (non-hydrogen) atoms. The molecule has 2 aromatic heterocycles. The number of nitrogens with one attached hydrogen (secondary N) is 1. The number of rotatable bonds is 7. The molecule has 0 aliphatic heterocycles. The van der Waals surface area contributed by atoms with Gasteiger partial charge in [-0.05, 0) is 35.9 Å². The monoisotopic (exact) mass is 366 g/mol. The molecule has 0 bridgehead atoms. The topological polar surface area (TPSA) is 78.3 Å². The van der Waals surface area contributed by atoms with Crippen LogP contribution in [0.2, 0.25) is 0 Å². The van der Waals surface area contributed by atoms with Crippen molar-refractivity contribution >= 4 is 5.91 Å². The zero-order valence-electron chi connectivity index (χ0n) is 15.6. The molecule has 0 saturated carbocycles. The van der Waals surface area contributed by atoms with Crippen molar-refractivity contribution in [2.75, 3.05) is 14.2 Å². The molecule has 7 nitrogen and oxygen atoms in total. The van der Waals surface area contributed by atoms with Gasteiger partial charge >= 0.3 is 0 Å². The molecule has 1 N–H and O–H groups in total. The predicted molar refractivity (Wildman–Crippen MR) is 102 cm³/mol. The summed E-state index contributed by atoms with van der Waals surface area (Å²) in [6.07, 6.45) is 1.99. The van der Waals surface area contributed by atoms with Crippen molar-refractivity contribution in [1.82, 2.24) is 20.1 Å². The third-order valence-corrected chi connectivity index (χ3v) is 4.14. The first-order valence-electron chi connectivity index (χ1n) is 8.52. The molecule has 3 aromatic rings. The van der Waals surface area contributed by atoms with E-state index in [9.17, 15) is 4.79 Å². The fraction of sp³-hybridized carbons (Fsp3) is 0.250. The summed E-state index contributed by atoms with van der Waals surface area (Å²) >= 11 is 0. The fourth-order valence-corrected chi connectivity index (χ4v) is 2.79. The largest absolute Gasteiger partial charge is 0.493 e. The molecule has 0 aliphatic carbocycles. The molecule has 0 unspecified atom stereocenters. The Bertz CT molecular complexity index is 922. The number of pyridine rings is 1. The summed E-state index contributed by atoms with van der Waals surface area (Å²) in [5, 5.41) is 7.34. The van der Waals surface area contributed by atoms with Crippen molar-refractivity contribution in [2.24, 2.45) is 7.05 Å². The zero-order chi connectivity index (χ0) is 19.2. The van der Waals surface area contributed by atoms with Gasteiger partial charge in [-0.15, -0.1) is 0 Å². The number of aromatic nitrogens is 3. The smallest absolute Gasteiger partial charge is 0.224 e. The maximum absolute atomic E-state index is 12.3. The lowest BCUT2D eigenvalue weighted by Crippen LogP contribution is -2.24. The number of carbonyl (C=O) groups is 1. The van der Waals surface area contributed by atoms with E-state index in [1.54, 1.807) is 37.2 Å². The molecule has 0 atom stereocenters. The minimum atomic E-state index is -0.0905. The van der Waals surface area contributed by atoms with Crippen LogP contribution in [0.15, 0.2) is 48.7 Å². The average Bonchev–Trinajstić information content (AvgIpc) is 3.07. The van der Waals surface area contributed by atoms with Gasteiger partial charge in [0.1, 0.15) is 0 Å². The van der Waals surface area contributed by atoms with E-state index in [-0.39, 0.29) is 12.3 Å². The average molecular weight is 366 g/mol. The number of amides is 1. The Morgan fingerprint density at radius 1 is 1.11 bits per heavy atom. The highest BCUT2D eigenvalue weighted by molar-refractivity contribution is 5.78. The Kier molecular flexibility index (Phi) is 5.71. The van der Waals surface area contributed by atoms with Crippen LogP contribution in [-0.4, -0.2) is 34.9 Å². The van der Waals surface area contributed by atoms with E-state index in [1.165, 1.54) is 0 Å². The minimum absolute atomic E-state index is 0.0905. The van der Waals surface area contributed by atoms with Crippen LogP contribution >= 0.6 is 0 Å². The molecule has 7 heteroatoms. The fourth-order valence-electron chi connectivity index (χ4n) is 2.79. The Morgan fingerprint density at radius 2 is 1.93 bits per heavy atom. The molecule has 0 aliphatic rings. The number of benzene rings is 1. The van der Waals surface area contributed by atoms with Crippen molar-refractivity contribution < 1.29 is 14.3 Å². The van der Waals surface area contributed by atoms with Crippen molar-refractivity contribution in [1.29, 1.82) is 0 Å². The molecular weight excluding hydrogens is 344 g/mol. The van der Waals surface area contributed by atoms with Gasteiger partial charge in [0.15, 0.2) is 11.5 Å². The molecule has 0 fully saturated rings. The van der Waals surface area contributed by atoms with Crippen LogP contribution in [0.1, 0.15) is 11.3 Å². The Morgan fingerprint density at radius 3 is 2.63 bits per heavy atom. The second-order valence-electron chi connectivity index (χ2n) is 6.00. The number of carbonyl (C=O) groups excluding carboxylic acids is 1. The highest BCUT2D eigenvalue weighted by atomic mass is 16.5. The number of hydrogen-bond acceptors (Lipinski definition) is 5. The van der Waals surface area contributed by atoms with E-state index in [2.05, 4.69) is 15.4 Å². The first-order valence-corrected chi connectivity index (χ1v) is 8.52. The van der Waals surface area contributed by atoms with Crippen LogP contribution in [-0.2, 0) is 24.8 Å². The molecule has 140 valence electrons. The van der Waals surface area contributed by atoms with Crippen LogP contribution in [0.25, 0.3) is 11.4 Å². The summed E-state index contributed by atoms with van der Waals surface area (Å²) in [7, 11) is 5.01. The van der Waals surface area contributed by atoms with Gasteiger partial charge in [-0.2, -0.15) is 5.10 Å². The van der Waals surface area contributed by atoms with Crippen LogP contribution in [0, 0.1) is 0 Å². The normalized spacial score (nSPS) is 10.5. The maximum Gasteiger partial charge on any atom is 0.224 e. The van der Waals surface area contributed by atoms with E-state index in [4.69, 9.17) is 9.47 Å². The van der Waals surface area contributed by atoms with Gasteiger partial charge in [-0.3, -0.25) is 14.5 Å². The lowest BCUT2D eigenvalue weighted by molar-refractivity contribution is -0.120.